The highest BCUT2D eigenvalue weighted by Crippen LogP contribution is 2.30. The van der Waals surface area contributed by atoms with Crippen LogP contribution in [0.2, 0.25) is 0 Å². The summed E-state index contributed by atoms with van der Waals surface area (Å²) in [6, 6.07) is 8.41. The standard InChI is InChI=1S/C15H21BrN4/c1-9(2)14-13(17)15(20(4)19-14)18-10(3)11-6-5-7-12(16)8-11/h5-10,18H,17H2,1-4H3. The van der Waals surface area contributed by atoms with E-state index in [1.54, 1.807) is 0 Å². The van der Waals surface area contributed by atoms with Crippen molar-refractivity contribution in [2.75, 3.05) is 11.1 Å². The molecule has 0 spiro atoms. The van der Waals surface area contributed by atoms with Crippen LogP contribution in [-0.2, 0) is 7.05 Å². The van der Waals surface area contributed by atoms with Crippen LogP contribution in [0.15, 0.2) is 28.7 Å². The van der Waals surface area contributed by atoms with E-state index in [4.69, 9.17) is 5.73 Å². The zero-order chi connectivity index (χ0) is 14.9. The first-order valence-corrected chi connectivity index (χ1v) is 7.53. The van der Waals surface area contributed by atoms with Gasteiger partial charge in [-0.3, -0.25) is 4.68 Å². The second-order valence-electron chi connectivity index (χ2n) is 5.35. The Morgan fingerprint density at radius 2 is 2.00 bits per heavy atom. The number of aromatic nitrogens is 2. The molecule has 0 bridgehead atoms. The summed E-state index contributed by atoms with van der Waals surface area (Å²) < 4.78 is 2.89. The van der Waals surface area contributed by atoms with Gasteiger partial charge >= 0.3 is 0 Å². The van der Waals surface area contributed by atoms with Gasteiger partial charge in [0, 0.05) is 11.5 Å². The van der Waals surface area contributed by atoms with E-state index < -0.39 is 0 Å². The predicted octanol–water partition coefficient (Wildman–Crippen LogP) is 4.06. The number of halogens is 1. The maximum absolute atomic E-state index is 6.21. The third kappa shape index (κ3) is 2.98. The number of benzene rings is 1. The van der Waals surface area contributed by atoms with Crippen LogP contribution < -0.4 is 11.1 Å². The maximum atomic E-state index is 6.21. The molecule has 0 aliphatic heterocycles. The third-order valence-corrected chi connectivity index (χ3v) is 3.85. The number of anilines is 2. The maximum Gasteiger partial charge on any atom is 0.148 e. The first-order valence-electron chi connectivity index (χ1n) is 6.74. The number of nitrogens with two attached hydrogens (primary N) is 1. The Hall–Kier alpha value is -1.49. The van der Waals surface area contributed by atoms with Gasteiger partial charge in [-0.1, -0.05) is 41.9 Å². The first kappa shape index (κ1) is 14.9. The molecular formula is C15H21BrN4. The molecule has 1 heterocycles. The largest absolute Gasteiger partial charge is 0.394 e. The molecular weight excluding hydrogens is 316 g/mol. The number of hydrogen-bond donors (Lipinski definition) is 2. The molecule has 1 aromatic heterocycles. The SMILES string of the molecule is CC(C)c1nn(C)c(NC(C)c2cccc(Br)c2)c1N. The topological polar surface area (TPSA) is 55.9 Å². The average molecular weight is 337 g/mol. The predicted molar refractivity (Wildman–Crippen MR) is 87.9 cm³/mol. The Morgan fingerprint density at radius 1 is 1.30 bits per heavy atom. The highest BCUT2D eigenvalue weighted by atomic mass is 79.9. The van der Waals surface area contributed by atoms with Crippen LogP contribution in [0.25, 0.3) is 0 Å². The van der Waals surface area contributed by atoms with Crippen molar-refractivity contribution in [3.05, 3.63) is 40.0 Å². The van der Waals surface area contributed by atoms with Crippen molar-refractivity contribution in [3.63, 3.8) is 0 Å². The number of rotatable bonds is 4. The Balaban J connectivity index is 2.26. The zero-order valence-corrected chi connectivity index (χ0v) is 13.9. The average Bonchev–Trinajstić information content (AvgIpc) is 2.67. The van der Waals surface area contributed by atoms with Gasteiger partial charge in [-0.05, 0) is 30.5 Å². The van der Waals surface area contributed by atoms with Crippen LogP contribution in [0.4, 0.5) is 11.5 Å². The van der Waals surface area contributed by atoms with E-state index in [0.29, 0.717) is 5.92 Å². The third-order valence-electron chi connectivity index (χ3n) is 3.36. The summed E-state index contributed by atoms with van der Waals surface area (Å²) in [4.78, 5) is 0. The van der Waals surface area contributed by atoms with Crippen LogP contribution >= 0.6 is 15.9 Å². The van der Waals surface area contributed by atoms with Crippen LogP contribution in [0.1, 0.15) is 44.0 Å². The molecule has 1 unspecified atom stereocenters. The summed E-state index contributed by atoms with van der Waals surface area (Å²) in [5, 5.41) is 7.95. The van der Waals surface area contributed by atoms with Crippen LogP contribution in [0, 0.1) is 0 Å². The van der Waals surface area contributed by atoms with E-state index in [1.807, 2.05) is 23.9 Å². The van der Waals surface area contributed by atoms with Crippen molar-refractivity contribution in [1.82, 2.24) is 9.78 Å². The van der Waals surface area contributed by atoms with E-state index in [0.717, 1.165) is 21.7 Å². The molecule has 0 saturated heterocycles. The molecule has 5 heteroatoms. The molecule has 20 heavy (non-hydrogen) atoms. The first-order chi connectivity index (χ1) is 9.40. The quantitative estimate of drug-likeness (QED) is 0.884. The molecule has 3 N–H and O–H groups in total. The highest BCUT2D eigenvalue weighted by Gasteiger charge is 2.17. The molecule has 108 valence electrons. The van der Waals surface area contributed by atoms with Crippen molar-refractivity contribution in [2.24, 2.45) is 7.05 Å². The van der Waals surface area contributed by atoms with Gasteiger partial charge in [-0.2, -0.15) is 5.10 Å². The van der Waals surface area contributed by atoms with Gasteiger partial charge in [0.05, 0.1) is 17.4 Å². The Kier molecular flexibility index (Phi) is 4.38. The monoisotopic (exact) mass is 336 g/mol. The second kappa shape index (κ2) is 5.87. The van der Waals surface area contributed by atoms with Crippen molar-refractivity contribution in [3.8, 4) is 0 Å². The number of nitrogens with zero attached hydrogens (tertiary/aromatic N) is 2. The number of aryl methyl sites for hydroxylation is 1. The Bertz CT molecular complexity index is 604. The second-order valence-corrected chi connectivity index (χ2v) is 6.26. The van der Waals surface area contributed by atoms with E-state index in [9.17, 15) is 0 Å². The van der Waals surface area contributed by atoms with Gasteiger partial charge in [0.2, 0.25) is 0 Å². The molecule has 0 aliphatic carbocycles. The van der Waals surface area contributed by atoms with E-state index in [2.05, 4.69) is 59.2 Å². The van der Waals surface area contributed by atoms with Crippen molar-refractivity contribution < 1.29 is 0 Å². The summed E-state index contributed by atoms with van der Waals surface area (Å²) >= 11 is 3.50. The molecule has 0 fully saturated rings. The molecule has 0 saturated carbocycles. The Labute approximate surface area is 128 Å². The highest BCUT2D eigenvalue weighted by molar-refractivity contribution is 9.10. The van der Waals surface area contributed by atoms with Gasteiger partial charge in [-0.15, -0.1) is 0 Å². The molecule has 2 rings (SSSR count). The fraction of sp³-hybridized carbons (Fsp3) is 0.400. The van der Waals surface area contributed by atoms with Crippen molar-refractivity contribution in [2.45, 2.75) is 32.7 Å². The van der Waals surface area contributed by atoms with Gasteiger partial charge in [0.25, 0.3) is 0 Å². The lowest BCUT2D eigenvalue weighted by Gasteiger charge is -2.16. The minimum Gasteiger partial charge on any atom is -0.394 e. The molecule has 1 aromatic carbocycles. The number of nitrogen functional groups attached to an aromatic ring is 1. The molecule has 0 amide bonds. The van der Waals surface area contributed by atoms with Crippen LogP contribution in [0.5, 0.6) is 0 Å². The van der Waals surface area contributed by atoms with Crippen molar-refractivity contribution >= 4 is 27.4 Å². The molecule has 4 nitrogen and oxygen atoms in total. The fourth-order valence-electron chi connectivity index (χ4n) is 2.22. The van der Waals surface area contributed by atoms with Gasteiger partial charge in [-0.25, -0.2) is 0 Å². The number of hydrogen-bond acceptors (Lipinski definition) is 3. The van der Waals surface area contributed by atoms with E-state index in [-0.39, 0.29) is 6.04 Å². The molecule has 1 atom stereocenters. The van der Waals surface area contributed by atoms with Crippen LogP contribution in [-0.4, -0.2) is 9.78 Å². The fourth-order valence-corrected chi connectivity index (χ4v) is 2.64. The van der Waals surface area contributed by atoms with Gasteiger partial charge in [0.1, 0.15) is 5.82 Å². The normalized spacial score (nSPS) is 12.7. The lowest BCUT2D eigenvalue weighted by Crippen LogP contribution is -2.11. The minimum absolute atomic E-state index is 0.158. The molecule has 0 aliphatic rings. The number of nitrogens with one attached hydrogen (secondary N) is 1. The van der Waals surface area contributed by atoms with Gasteiger partial charge < -0.3 is 11.1 Å². The molecule has 2 aromatic rings. The minimum atomic E-state index is 0.158. The van der Waals surface area contributed by atoms with E-state index >= 15 is 0 Å². The van der Waals surface area contributed by atoms with E-state index in [1.165, 1.54) is 5.56 Å². The Morgan fingerprint density at radius 3 is 2.55 bits per heavy atom. The lowest BCUT2D eigenvalue weighted by molar-refractivity contribution is 0.708. The van der Waals surface area contributed by atoms with Crippen LogP contribution in [0.3, 0.4) is 0 Å². The van der Waals surface area contributed by atoms with Gasteiger partial charge in [0.15, 0.2) is 0 Å². The summed E-state index contributed by atoms with van der Waals surface area (Å²) in [5.41, 5.74) is 9.09. The lowest BCUT2D eigenvalue weighted by atomic mass is 10.1. The smallest absolute Gasteiger partial charge is 0.148 e. The summed E-state index contributed by atoms with van der Waals surface area (Å²) in [7, 11) is 1.91. The summed E-state index contributed by atoms with van der Waals surface area (Å²) in [5.74, 6) is 1.19. The van der Waals surface area contributed by atoms with Crippen molar-refractivity contribution in [1.29, 1.82) is 0 Å². The summed E-state index contributed by atoms with van der Waals surface area (Å²) in [6.45, 7) is 6.31. The molecule has 0 radical (unpaired) electrons. The zero-order valence-electron chi connectivity index (χ0n) is 12.3. The summed E-state index contributed by atoms with van der Waals surface area (Å²) in [6.07, 6.45) is 0.